The van der Waals surface area contributed by atoms with Crippen molar-refractivity contribution in [3.05, 3.63) is 35.4 Å². The summed E-state index contributed by atoms with van der Waals surface area (Å²) in [6.45, 7) is 6.54. The van der Waals surface area contributed by atoms with Crippen molar-refractivity contribution in [2.45, 2.75) is 26.7 Å². The molecule has 1 rings (SSSR count). The van der Waals surface area contributed by atoms with Crippen molar-refractivity contribution in [3.8, 4) is 0 Å². The van der Waals surface area contributed by atoms with E-state index in [0.717, 1.165) is 0 Å². The van der Waals surface area contributed by atoms with Crippen LogP contribution in [0.2, 0.25) is 0 Å². The third kappa shape index (κ3) is 7.51. The molecule has 0 amide bonds. The zero-order chi connectivity index (χ0) is 7.56. The molecule has 1 aromatic carbocycles. The molecule has 0 saturated carbocycles. The minimum Gasteiger partial charge on any atom is -0.0590 e. The maximum Gasteiger partial charge on any atom is 3.00 e. The fraction of sp³-hybridized carbons (Fsp3) is 0.400. The van der Waals surface area contributed by atoms with E-state index < -0.39 is 0 Å². The van der Waals surface area contributed by atoms with Crippen LogP contribution in [0.3, 0.4) is 0 Å². The summed E-state index contributed by atoms with van der Waals surface area (Å²) in [6.07, 6.45) is 0. The van der Waals surface area contributed by atoms with Crippen LogP contribution in [0.25, 0.3) is 0 Å². The maximum atomic E-state index is 2.21. The second kappa shape index (κ2) is 10.1. The first-order valence-electron chi connectivity index (χ1n) is 3.76. The molecule has 0 N–H and O–H groups in total. The molecule has 0 heterocycles. The summed E-state index contributed by atoms with van der Waals surface area (Å²) in [5, 5.41) is 0. The topological polar surface area (TPSA) is 0 Å². The van der Waals surface area contributed by atoms with Gasteiger partial charge in [-0.1, -0.05) is 43.7 Å². The van der Waals surface area contributed by atoms with Crippen molar-refractivity contribution < 1.29 is 19.5 Å². The molecule has 0 aliphatic rings. The Morgan fingerprint density at radius 1 is 0.923 bits per heavy atom. The van der Waals surface area contributed by atoms with Crippen molar-refractivity contribution in [2.75, 3.05) is 0 Å². The fourth-order valence-corrected chi connectivity index (χ4v) is 0.951. The molecule has 13 heavy (non-hydrogen) atoms. The fourth-order valence-electron chi connectivity index (χ4n) is 0.951. The van der Waals surface area contributed by atoms with E-state index in [0.29, 0.717) is 5.92 Å². The van der Waals surface area contributed by atoms with Crippen LogP contribution in [0.4, 0.5) is 0 Å². The molecule has 0 aromatic heterocycles. The average Bonchev–Trinajstić information content (AvgIpc) is 1.88. The summed E-state index contributed by atoms with van der Waals surface area (Å²) in [5.74, 6) is 0.653. The van der Waals surface area contributed by atoms with Gasteiger partial charge >= 0.3 is 71.2 Å². The van der Waals surface area contributed by atoms with Crippen LogP contribution in [0, 0.1) is 6.92 Å². The molecule has 1 aromatic rings. The summed E-state index contributed by atoms with van der Waals surface area (Å²) in [6, 6.07) is 8.71. The Kier molecular flexibility index (Phi) is 15.6. The molecule has 0 atom stereocenters. The van der Waals surface area contributed by atoms with E-state index in [1.165, 1.54) is 11.1 Å². The number of rotatable bonds is 1. The zero-order valence-corrected chi connectivity index (χ0v) is 16.7. The SMILES string of the molecule is Cc1ccc(C(C)C)cc1.[In+3].[In+3].[Ru+2]. The predicted octanol–water partition coefficient (Wildman–Crippen LogP) is 2.35. The number of hydrogen-bond acceptors (Lipinski definition) is 0. The first kappa shape index (κ1) is 20.1. The van der Waals surface area contributed by atoms with Crippen LogP contribution >= 0.6 is 0 Å². The van der Waals surface area contributed by atoms with Gasteiger partial charge in [-0.25, -0.2) is 0 Å². The van der Waals surface area contributed by atoms with Gasteiger partial charge in [0, 0.05) is 0 Å². The van der Waals surface area contributed by atoms with Crippen LogP contribution in [0.1, 0.15) is 30.9 Å². The second-order valence-corrected chi connectivity index (χ2v) is 3.07. The van der Waals surface area contributed by atoms with Gasteiger partial charge in [-0.15, -0.1) is 0 Å². The van der Waals surface area contributed by atoms with E-state index in [-0.39, 0.29) is 71.2 Å². The standard InChI is InChI=1S/C10H14.2In.Ru/c1-8(2)10-6-4-9(3)5-7-10;;;/h4-8H,1-3H3;;;/q;2*+3;+2. The van der Waals surface area contributed by atoms with Crippen LogP contribution in [-0.2, 0) is 19.5 Å². The average molecular weight is 465 g/mol. The normalized spacial score (nSPS) is 8.00. The molecule has 0 aliphatic carbocycles. The van der Waals surface area contributed by atoms with Gasteiger partial charge in [-0.2, -0.15) is 0 Å². The third-order valence-corrected chi connectivity index (χ3v) is 1.74. The molecule has 0 saturated heterocycles. The monoisotopic (exact) mass is 466 g/mol. The summed E-state index contributed by atoms with van der Waals surface area (Å²) < 4.78 is 0. The van der Waals surface area contributed by atoms with Crippen molar-refractivity contribution in [3.63, 3.8) is 0 Å². The van der Waals surface area contributed by atoms with Gasteiger partial charge in [0.15, 0.2) is 0 Å². The van der Waals surface area contributed by atoms with Gasteiger partial charge in [-0.05, 0) is 18.4 Å². The molecule has 0 unspecified atom stereocenters. The number of aryl methyl sites for hydroxylation is 1. The van der Waals surface area contributed by atoms with Crippen molar-refractivity contribution in [2.24, 2.45) is 0 Å². The molecule has 0 aliphatic heterocycles. The third-order valence-electron chi connectivity index (χ3n) is 1.74. The molecule has 0 spiro atoms. The van der Waals surface area contributed by atoms with Crippen LogP contribution in [0.5, 0.6) is 0 Å². The van der Waals surface area contributed by atoms with E-state index in [2.05, 4.69) is 45.0 Å². The Hall–Kier alpha value is 1.58. The molecular formula is C10H14In2Ru+8. The van der Waals surface area contributed by atoms with Gasteiger partial charge in [0.25, 0.3) is 0 Å². The van der Waals surface area contributed by atoms with Gasteiger partial charge in [0.05, 0.1) is 0 Å². The smallest absolute Gasteiger partial charge is 0.0590 e. The van der Waals surface area contributed by atoms with Crippen molar-refractivity contribution in [1.82, 2.24) is 0 Å². The Bertz CT molecular complexity index is 207. The minimum atomic E-state index is 0. The number of hydrogen-bond donors (Lipinski definition) is 0. The Morgan fingerprint density at radius 3 is 1.62 bits per heavy atom. The predicted molar refractivity (Wildman–Crippen MR) is 56.8 cm³/mol. The maximum absolute atomic E-state index is 2.21. The molecule has 0 fully saturated rings. The molecule has 60 valence electrons. The second-order valence-electron chi connectivity index (χ2n) is 3.07. The molecule has 0 radical (unpaired) electrons. The van der Waals surface area contributed by atoms with Gasteiger partial charge in [-0.3, -0.25) is 0 Å². The van der Waals surface area contributed by atoms with Crippen molar-refractivity contribution in [1.29, 1.82) is 0 Å². The largest absolute Gasteiger partial charge is 3.00 e. The summed E-state index contributed by atoms with van der Waals surface area (Å²) in [4.78, 5) is 0. The van der Waals surface area contributed by atoms with E-state index >= 15 is 0 Å². The Labute approximate surface area is 132 Å². The molecular weight excluding hydrogens is 451 g/mol. The quantitative estimate of drug-likeness (QED) is 0.560. The van der Waals surface area contributed by atoms with E-state index in [9.17, 15) is 0 Å². The summed E-state index contributed by atoms with van der Waals surface area (Å²) in [5.41, 5.74) is 2.76. The van der Waals surface area contributed by atoms with Crippen molar-refractivity contribution >= 4 is 51.7 Å². The molecule has 0 bridgehead atoms. The van der Waals surface area contributed by atoms with Crippen LogP contribution < -0.4 is 0 Å². The number of benzene rings is 1. The summed E-state index contributed by atoms with van der Waals surface area (Å²) in [7, 11) is 0. The molecule has 0 nitrogen and oxygen atoms in total. The minimum absolute atomic E-state index is 0. The zero-order valence-electron chi connectivity index (χ0n) is 8.40. The van der Waals surface area contributed by atoms with Gasteiger partial charge < -0.3 is 0 Å². The van der Waals surface area contributed by atoms with Crippen LogP contribution in [0.15, 0.2) is 24.3 Å². The first-order chi connectivity index (χ1) is 4.70. The Morgan fingerprint density at radius 2 is 1.31 bits per heavy atom. The first-order valence-corrected chi connectivity index (χ1v) is 3.76. The summed E-state index contributed by atoms with van der Waals surface area (Å²) >= 11 is 0. The van der Waals surface area contributed by atoms with E-state index in [4.69, 9.17) is 0 Å². The molecule has 3 heteroatoms. The van der Waals surface area contributed by atoms with Crippen LogP contribution in [-0.4, -0.2) is 51.7 Å². The van der Waals surface area contributed by atoms with Gasteiger partial charge in [0.2, 0.25) is 0 Å². The Balaban J connectivity index is -0.000000333. The van der Waals surface area contributed by atoms with Gasteiger partial charge in [0.1, 0.15) is 0 Å². The van der Waals surface area contributed by atoms with E-state index in [1.54, 1.807) is 0 Å². The van der Waals surface area contributed by atoms with E-state index in [1.807, 2.05) is 0 Å².